The van der Waals surface area contributed by atoms with Crippen LogP contribution in [0.3, 0.4) is 0 Å². The predicted molar refractivity (Wildman–Crippen MR) is 75.5 cm³/mol. The van der Waals surface area contributed by atoms with Gasteiger partial charge in [0.15, 0.2) is 0 Å². The van der Waals surface area contributed by atoms with Gasteiger partial charge in [0, 0.05) is 30.7 Å². The van der Waals surface area contributed by atoms with Gasteiger partial charge in [-0.1, -0.05) is 18.2 Å². The molecule has 0 spiro atoms. The average Bonchev–Trinajstić information content (AvgIpc) is 3.09. The second kappa shape index (κ2) is 5.26. The van der Waals surface area contributed by atoms with Crippen molar-refractivity contribution in [1.29, 1.82) is 0 Å². The number of allylic oxidation sites excluding steroid dienone is 1. The summed E-state index contributed by atoms with van der Waals surface area (Å²) in [4.78, 5) is 12.4. The molecule has 6 heteroatoms. The van der Waals surface area contributed by atoms with E-state index in [1.165, 1.54) is 0 Å². The highest BCUT2D eigenvalue weighted by atomic mass is 15.3. The Balaban J connectivity index is 1.66. The van der Waals surface area contributed by atoms with Crippen molar-refractivity contribution in [2.75, 3.05) is 5.32 Å². The van der Waals surface area contributed by atoms with E-state index in [2.05, 4.69) is 30.5 Å². The number of para-hydroxylation sites is 1. The molecule has 2 N–H and O–H groups in total. The van der Waals surface area contributed by atoms with Gasteiger partial charge < -0.3 is 5.32 Å². The van der Waals surface area contributed by atoms with Gasteiger partial charge in [0.1, 0.15) is 0 Å². The highest BCUT2D eigenvalue weighted by Crippen LogP contribution is 2.14. The van der Waals surface area contributed by atoms with Crippen molar-refractivity contribution >= 4 is 30.0 Å². The molecule has 0 atom stereocenters. The van der Waals surface area contributed by atoms with Gasteiger partial charge in [-0.3, -0.25) is 4.99 Å². The number of hydrogen-bond acceptors (Lipinski definition) is 5. The number of nitrogens with zero attached hydrogens (tertiary/aromatic N) is 4. The highest BCUT2D eigenvalue weighted by molar-refractivity contribution is 5.87. The Morgan fingerprint density at radius 3 is 2.95 bits per heavy atom. The van der Waals surface area contributed by atoms with E-state index >= 15 is 0 Å². The molecule has 0 saturated heterocycles. The first kappa shape index (κ1) is 11.3. The van der Waals surface area contributed by atoms with Crippen molar-refractivity contribution in [3.05, 3.63) is 42.1 Å². The van der Waals surface area contributed by atoms with Crippen LogP contribution in [0.1, 0.15) is 6.42 Å². The minimum Gasteiger partial charge on any atom is -0.325 e. The topological polar surface area (TPSA) is 78.3 Å². The quantitative estimate of drug-likeness (QED) is 0.821. The maximum atomic E-state index is 4.22. The summed E-state index contributed by atoms with van der Waals surface area (Å²) < 4.78 is 0. The molecule has 0 saturated carbocycles. The van der Waals surface area contributed by atoms with E-state index in [4.69, 9.17) is 0 Å². The first-order chi connectivity index (χ1) is 9.40. The van der Waals surface area contributed by atoms with Crippen LogP contribution in [-0.2, 0) is 0 Å². The maximum Gasteiger partial charge on any atom is 0.269 e. The maximum absolute atomic E-state index is 4.22. The van der Waals surface area contributed by atoms with Crippen molar-refractivity contribution in [3.63, 3.8) is 0 Å². The Morgan fingerprint density at radius 2 is 2.16 bits per heavy atom. The molecule has 2 heterocycles. The predicted octanol–water partition coefficient (Wildman–Crippen LogP) is 2.61. The summed E-state index contributed by atoms with van der Waals surface area (Å²) >= 11 is 0. The molecule has 1 aliphatic heterocycles. The smallest absolute Gasteiger partial charge is 0.269 e. The Labute approximate surface area is 110 Å². The van der Waals surface area contributed by atoms with Gasteiger partial charge in [0.2, 0.25) is 5.95 Å². The molecule has 6 nitrogen and oxygen atoms in total. The summed E-state index contributed by atoms with van der Waals surface area (Å²) in [7, 11) is 0. The molecule has 0 fully saturated rings. The van der Waals surface area contributed by atoms with Crippen LogP contribution < -0.4 is 5.32 Å². The van der Waals surface area contributed by atoms with Crippen molar-refractivity contribution in [3.8, 4) is 0 Å². The number of benzene rings is 1. The molecule has 2 aromatic rings. The summed E-state index contributed by atoms with van der Waals surface area (Å²) in [6.07, 6.45) is 6.15. The van der Waals surface area contributed by atoms with Crippen LogP contribution >= 0.6 is 0 Å². The lowest BCUT2D eigenvalue weighted by Crippen LogP contribution is -1.91. The van der Waals surface area contributed by atoms with E-state index in [0.717, 1.165) is 17.7 Å². The van der Waals surface area contributed by atoms with Crippen LogP contribution in [0, 0.1) is 0 Å². The minimum absolute atomic E-state index is 0.395. The van der Waals surface area contributed by atoms with E-state index in [9.17, 15) is 0 Å². The number of aromatic amines is 1. The van der Waals surface area contributed by atoms with Gasteiger partial charge in [-0.25, -0.2) is 10.1 Å². The fourth-order valence-corrected chi connectivity index (χ4v) is 1.61. The molecule has 0 bridgehead atoms. The van der Waals surface area contributed by atoms with Gasteiger partial charge in [0.05, 0.1) is 0 Å². The molecular weight excluding hydrogens is 240 g/mol. The molecule has 19 heavy (non-hydrogen) atoms. The van der Waals surface area contributed by atoms with Crippen molar-refractivity contribution in [2.45, 2.75) is 6.42 Å². The van der Waals surface area contributed by atoms with Crippen LogP contribution in [0.2, 0.25) is 0 Å². The molecule has 0 unspecified atom stereocenters. The van der Waals surface area contributed by atoms with Crippen LogP contribution in [0.5, 0.6) is 0 Å². The van der Waals surface area contributed by atoms with Gasteiger partial charge in [0.25, 0.3) is 5.95 Å². The largest absolute Gasteiger partial charge is 0.325 e. The third kappa shape index (κ3) is 2.92. The van der Waals surface area contributed by atoms with E-state index in [-0.39, 0.29) is 0 Å². The number of nitrogens with one attached hydrogen (secondary N) is 2. The van der Waals surface area contributed by atoms with E-state index in [1.807, 2.05) is 36.5 Å². The lowest BCUT2D eigenvalue weighted by atomic mass is 10.3. The van der Waals surface area contributed by atoms with E-state index in [1.54, 1.807) is 12.4 Å². The summed E-state index contributed by atoms with van der Waals surface area (Å²) in [5, 5.41) is 9.91. The zero-order valence-corrected chi connectivity index (χ0v) is 10.1. The molecule has 3 rings (SSSR count). The summed E-state index contributed by atoms with van der Waals surface area (Å²) in [5.74, 6) is 0.959. The third-order valence-electron chi connectivity index (χ3n) is 2.53. The average molecular weight is 252 g/mol. The number of anilines is 2. The van der Waals surface area contributed by atoms with Crippen LogP contribution in [0.25, 0.3) is 0 Å². The molecule has 0 aliphatic carbocycles. The fraction of sp³-hybridized carbons (Fsp3) is 0.0769. The first-order valence-corrected chi connectivity index (χ1v) is 5.89. The van der Waals surface area contributed by atoms with E-state index in [0.29, 0.717) is 11.9 Å². The molecule has 0 radical (unpaired) electrons. The standard InChI is InChI=1S/C13H12N6/c1-2-4-11(5-3-1)16-13-17-12(18-19-13)15-9-10-6-7-14-8-10/h1-5,7-9H,6H2,(H2,16,17,18,19)/b15-9+. The Morgan fingerprint density at radius 1 is 1.26 bits per heavy atom. The second-order valence-corrected chi connectivity index (χ2v) is 3.97. The van der Waals surface area contributed by atoms with Gasteiger partial charge in [-0.15, -0.1) is 5.10 Å². The number of aromatic nitrogens is 3. The molecule has 1 aromatic carbocycles. The lowest BCUT2D eigenvalue weighted by Gasteiger charge is -1.99. The highest BCUT2D eigenvalue weighted by Gasteiger charge is 2.02. The SMILES string of the molecule is C1=NC=C(/C=N/c2n[nH]c(Nc3ccccc3)n2)C1. The molecule has 94 valence electrons. The number of rotatable bonds is 4. The van der Waals surface area contributed by atoms with Gasteiger partial charge >= 0.3 is 0 Å². The zero-order chi connectivity index (χ0) is 12.9. The number of hydrogen-bond donors (Lipinski definition) is 2. The van der Waals surface area contributed by atoms with E-state index < -0.39 is 0 Å². The molecule has 1 aliphatic rings. The first-order valence-electron chi connectivity index (χ1n) is 5.89. The van der Waals surface area contributed by atoms with Crippen LogP contribution in [0.15, 0.2) is 52.1 Å². The Hall–Kier alpha value is -2.76. The summed E-state index contributed by atoms with van der Waals surface area (Å²) in [6.45, 7) is 0. The normalized spacial score (nSPS) is 14.0. The van der Waals surface area contributed by atoms with Gasteiger partial charge in [-0.2, -0.15) is 4.98 Å². The zero-order valence-electron chi connectivity index (χ0n) is 10.1. The molecule has 0 amide bonds. The molecular formula is C13H12N6. The van der Waals surface area contributed by atoms with Crippen molar-refractivity contribution < 1.29 is 0 Å². The number of aliphatic imine (C=N–C) groups is 2. The van der Waals surface area contributed by atoms with Crippen LogP contribution in [-0.4, -0.2) is 27.6 Å². The second-order valence-electron chi connectivity index (χ2n) is 3.97. The monoisotopic (exact) mass is 252 g/mol. The number of H-pyrrole nitrogens is 1. The lowest BCUT2D eigenvalue weighted by molar-refractivity contribution is 1.08. The van der Waals surface area contributed by atoms with Crippen molar-refractivity contribution in [2.24, 2.45) is 9.98 Å². The third-order valence-corrected chi connectivity index (χ3v) is 2.53. The fourth-order valence-electron chi connectivity index (χ4n) is 1.61. The van der Waals surface area contributed by atoms with Crippen LogP contribution in [0.4, 0.5) is 17.6 Å². The summed E-state index contributed by atoms with van der Waals surface area (Å²) in [6, 6.07) is 9.76. The Bertz CT molecular complexity index is 638. The van der Waals surface area contributed by atoms with Gasteiger partial charge in [-0.05, 0) is 17.7 Å². The summed E-state index contributed by atoms with van der Waals surface area (Å²) in [5.41, 5.74) is 1.99. The van der Waals surface area contributed by atoms with Crippen molar-refractivity contribution in [1.82, 2.24) is 15.2 Å². The molecule has 1 aromatic heterocycles. The Kier molecular flexibility index (Phi) is 3.14. The minimum atomic E-state index is 0.395.